The Morgan fingerprint density at radius 3 is 2.74 bits per heavy atom. The fourth-order valence-corrected chi connectivity index (χ4v) is 2.86. The zero-order valence-electron chi connectivity index (χ0n) is 11.3. The first-order valence-corrected chi connectivity index (χ1v) is 7.49. The first-order valence-electron chi connectivity index (χ1n) is 6.50. The van der Waals surface area contributed by atoms with Gasteiger partial charge < -0.3 is 9.67 Å². The molecule has 4 nitrogen and oxygen atoms in total. The van der Waals surface area contributed by atoms with Gasteiger partial charge in [0.25, 0.3) is 0 Å². The number of thioether (sulfide) groups is 1. The minimum absolute atomic E-state index is 0.220. The van der Waals surface area contributed by atoms with E-state index in [1.807, 2.05) is 12.1 Å². The Labute approximate surface area is 117 Å². The average molecular weight is 277 g/mol. The van der Waals surface area contributed by atoms with Gasteiger partial charge in [0, 0.05) is 24.5 Å². The molecule has 0 bridgehead atoms. The molecule has 1 aromatic carbocycles. The van der Waals surface area contributed by atoms with Gasteiger partial charge in [-0.2, -0.15) is 0 Å². The van der Waals surface area contributed by atoms with Gasteiger partial charge in [-0.3, -0.25) is 0 Å². The van der Waals surface area contributed by atoms with Crippen LogP contribution in [0.25, 0.3) is 11.4 Å². The maximum Gasteiger partial charge on any atom is 0.191 e. The predicted octanol–water partition coefficient (Wildman–Crippen LogP) is 2.75. The van der Waals surface area contributed by atoms with E-state index in [0.29, 0.717) is 0 Å². The summed E-state index contributed by atoms with van der Waals surface area (Å²) in [5, 5.41) is 18.4. The Morgan fingerprint density at radius 1 is 1.26 bits per heavy atom. The lowest BCUT2D eigenvalue weighted by atomic mass is 10.1. The van der Waals surface area contributed by atoms with Gasteiger partial charge >= 0.3 is 0 Å². The van der Waals surface area contributed by atoms with E-state index in [1.165, 1.54) is 5.56 Å². The number of aliphatic hydroxyl groups excluding tert-OH is 1. The van der Waals surface area contributed by atoms with Gasteiger partial charge in [-0.1, -0.05) is 36.0 Å². The van der Waals surface area contributed by atoms with Gasteiger partial charge in [0.1, 0.15) is 0 Å². The van der Waals surface area contributed by atoms with Crippen molar-refractivity contribution in [3.05, 3.63) is 29.8 Å². The van der Waals surface area contributed by atoms with Crippen molar-refractivity contribution >= 4 is 11.8 Å². The van der Waals surface area contributed by atoms with E-state index in [0.717, 1.165) is 35.3 Å². The fourth-order valence-electron chi connectivity index (χ4n) is 1.93. The van der Waals surface area contributed by atoms with E-state index in [2.05, 4.69) is 40.7 Å². The minimum atomic E-state index is 0.220. The van der Waals surface area contributed by atoms with Crippen molar-refractivity contribution in [2.75, 3.05) is 12.4 Å². The smallest absolute Gasteiger partial charge is 0.191 e. The molecular weight excluding hydrogens is 258 g/mol. The normalized spacial score (nSPS) is 10.9. The predicted molar refractivity (Wildman–Crippen MR) is 78.3 cm³/mol. The van der Waals surface area contributed by atoms with Gasteiger partial charge in [-0.25, -0.2) is 0 Å². The molecular formula is C14H19N3OS. The van der Waals surface area contributed by atoms with Crippen LogP contribution in [0.5, 0.6) is 0 Å². The fraction of sp³-hybridized carbons (Fsp3) is 0.429. The molecule has 0 radical (unpaired) electrons. The Kier molecular flexibility index (Phi) is 4.99. The Balaban J connectivity index is 2.29. The van der Waals surface area contributed by atoms with Crippen LogP contribution in [0.15, 0.2) is 29.4 Å². The van der Waals surface area contributed by atoms with Crippen LogP contribution in [-0.4, -0.2) is 32.2 Å². The average Bonchev–Trinajstić information content (AvgIpc) is 2.82. The number of nitrogens with zero attached hydrogens (tertiary/aromatic N) is 3. The maximum atomic E-state index is 8.83. The first-order chi connectivity index (χ1) is 9.27. The van der Waals surface area contributed by atoms with Crippen LogP contribution in [0, 0.1) is 6.92 Å². The molecule has 0 saturated carbocycles. The number of hydrogen-bond acceptors (Lipinski definition) is 4. The summed E-state index contributed by atoms with van der Waals surface area (Å²) in [5.41, 5.74) is 2.34. The van der Waals surface area contributed by atoms with Crippen molar-refractivity contribution in [3.8, 4) is 11.4 Å². The zero-order chi connectivity index (χ0) is 13.7. The van der Waals surface area contributed by atoms with Gasteiger partial charge in [-0.15, -0.1) is 10.2 Å². The van der Waals surface area contributed by atoms with Gasteiger partial charge in [0.2, 0.25) is 0 Å². The molecule has 2 aromatic rings. The Hall–Kier alpha value is -1.33. The van der Waals surface area contributed by atoms with Crippen molar-refractivity contribution in [3.63, 3.8) is 0 Å². The summed E-state index contributed by atoms with van der Waals surface area (Å²) >= 11 is 1.65. The monoisotopic (exact) mass is 277 g/mol. The van der Waals surface area contributed by atoms with Gasteiger partial charge in [-0.05, 0) is 25.8 Å². The molecule has 0 atom stereocenters. The summed E-state index contributed by atoms with van der Waals surface area (Å²) in [7, 11) is 0. The topological polar surface area (TPSA) is 50.9 Å². The van der Waals surface area contributed by atoms with Crippen LogP contribution in [-0.2, 0) is 6.54 Å². The molecule has 0 amide bonds. The molecule has 0 spiro atoms. The van der Waals surface area contributed by atoms with Crippen molar-refractivity contribution in [1.29, 1.82) is 0 Å². The summed E-state index contributed by atoms with van der Waals surface area (Å²) in [4.78, 5) is 0. The molecule has 19 heavy (non-hydrogen) atoms. The molecule has 0 aliphatic carbocycles. The van der Waals surface area contributed by atoms with Crippen molar-refractivity contribution in [2.45, 2.75) is 32.0 Å². The van der Waals surface area contributed by atoms with Crippen LogP contribution in [0.4, 0.5) is 0 Å². The highest BCUT2D eigenvalue weighted by Gasteiger charge is 2.14. The second kappa shape index (κ2) is 6.73. The number of aromatic nitrogens is 3. The highest BCUT2D eigenvalue weighted by molar-refractivity contribution is 7.99. The van der Waals surface area contributed by atoms with E-state index in [-0.39, 0.29) is 6.61 Å². The molecule has 2 rings (SSSR count). The highest BCUT2D eigenvalue weighted by Crippen LogP contribution is 2.26. The lowest BCUT2D eigenvalue weighted by Crippen LogP contribution is -2.01. The van der Waals surface area contributed by atoms with E-state index in [9.17, 15) is 0 Å². The molecule has 1 N–H and O–H groups in total. The number of hydrogen-bond donors (Lipinski definition) is 1. The van der Waals surface area contributed by atoms with Crippen molar-refractivity contribution in [1.82, 2.24) is 14.8 Å². The number of rotatable bonds is 6. The van der Waals surface area contributed by atoms with Gasteiger partial charge in [0.05, 0.1) is 0 Å². The molecule has 0 fully saturated rings. The number of aryl methyl sites for hydroxylation is 1. The van der Waals surface area contributed by atoms with E-state index in [1.54, 1.807) is 11.8 Å². The third-order valence-corrected chi connectivity index (χ3v) is 4.01. The molecule has 5 heteroatoms. The molecule has 0 saturated heterocycles. The van der Waals surface area contributed by atoms with Crippen LogP contribution < -0.4 is 0 Å². The summed E-state index contributed by atoms with van der Waals surface area (Å²) in [6.45, 7) is 5.25. The number of aliphatic hydroxyl groups is 1. The standard InChI is InChI=1S/C14H19N3OS/c1-3-17-13(12-8-5-4-7-11(12)2)15-16-14(17)19-10-6-9-18/h4-5,7-8,18H,3,6,9-10H2,1-2H3. The summed E-state index contributed by atoms with van der Waals surface area (Å²) in [5.74, 6) is 1.79. The maximum absolute atomic E-state index is 8.83. The lowest BCUT2D eigenvalue weighted by Gasteiger charge is -2.08. The highest BCUT2D eigenvalue weighted by atomic mass is 32.2. The Morgan fingerprint density at radius 2 is 2.05 bits per heavy atom. The number of benzene rings is 1. The van der Waals surface area contributed by atoms with E-state index < -0.39 is 0 Å². The van der Waals surface area contributed by atoms with Crippen LogP contribution in [0.2, 0.25) is 0 Å². The summed E-state index contributed by atoms with van der Waals surface area (Å²) in [6.07, 6.45) is 0.779. The third-order valence-electron chi connectivity index (χ3n) is 2.95. The van der Waals surface area contributed by atoms with Crippen LogP contribution in [0.3, 0.4) is 0 Å². The van der Waals surface area contributed by atoms with Crippen molar-refractivity contribution < 1.29 is 5.11 Å². The van der Waals surface area contributed by atoms with Crippen molar-refractivity contribution in [2.24, 2.45) is 0 Å². The van der Waals surface area contributed by atoms with E-state index in [4.69, 9.17) is 5.11 Å². The molecule has 0 unspecified atom stereocenters. The largest absolute Gasteiger partial charge is 0.396 e. The molecule has 1 heterocycles. The SMILES string of the molecule is CCn1c(SCCCO)nnc1-c1ccccc1C. The third kappa shape index (κ3) is 3.16. The quantitative estimate of drug-likeness (QED) is 0.651. The first kappa shape index (κ1) is 14.1. The molecule has 0 aliphatic heterocycles. The second-order valence-corrected chi connectivity index (χ2v) is 5.35. The van der Waals surface area contributed by atoms with Crippen LogP contribution >= 0.6 is 11.8 Å². The summed E-state index contributed by atoms with van der Waals surface area (Å²) in [6, 6.07) is 8.22. The van der Waals surface area contributed by atoms with E-state index >= 15 is 0 Å². The molecule has 1 aromatic heterocycles. The Bertz CT molecular complexity index is 539. The molecule has 102 valence electrons. The van der Waals surface area contributed by atoms with Crippen LogP contribution in [0.1, 0.15) is 18.9 Å². The van der Waals surface area contributed by atoms with Gasteiger partial charge in [0.15, 0.2) is 11.0 Å². The second-order valence-electron chi connectivity index (χ2n) is 4.29. The minimum Gasteiger partial charge on any atom is -0.396 e. The zero-order valence-corrected chi connectivity index (χ0v) is 12.2. The molecule has 0 aliphatic rings. The summed E-state index contributed by atoms with van der Waals surface area (Å²) < 4.78 is 2.13. The lowest BCUT2D eigenvalue weighted by molar-refractivity contribution is 0.296.